The lowest BCUT2D eigenvalue weighted by molar-refractivity contribution is 0.357. The van der Waals surface area contributed by atoms with E-state index in [2.05, 4.69) is 12.2 Å². The van der Waals surface area contributed by atoms with Crippen LogP contribution in [0.1, 0.15) is 51.9 Å². The molecular formula is C14H24N2S. The fourth-order valence-corrected chi connectivity index (χ4v) is 4.80. The molecule has 1 spiro atoms. The van der Waals surface area contributed by atoms with Gasteiger partial charge in [0, 0.05) is 18.3 Å². The molecule has 0 aromatic heterocycles. The lowest BCUT2D eigenvalue weighted by atomic mass is 9.89. The van der Waals surface area contributed by atoms with E-state index < -0.39 is 0 Å². The van der Waals surface area contributed by atoms with Gasteiger partial charge in [0.15, 0.2) is 5.17 Å². The Morgan fingerprint density at radius 3 is 2.65 bits per heavy atom. The van der Waals surface area contributed by atoms with Gasteiger partial charge in [-0.25, -0.2) is 0 Å². The monoisotopic (exact) mass is 252 g/mol. The van der Waals surface area contributed by atoms with Crippen LogP contribution >= 0.6 is 11.8 Å². The molecule has 2 fully saturated rings. The third kappa shape index (κ3) is 2.49. The van der Waals surface area contributed by atoms with Crippen LogP contribution < -0.4 is 5.32 Å². The Hall–Kier alpha value is -0.180. The Kier molecular flexibility index (Phi) is 3.38. The Morgan fingerprint density at radius 1 is 1.24 bits per heavy atom. The summed E-state index contributed by atoms with van der Waals surface area (Å²) >= 11 is 1.99. The smallest absolute Gasteiger partial charge is 0.156 e. The van der Waals surface area contributed by atoms with Crippen LogP contribution in [0.2, 0.25) is 0 Å². The number of rotatable bonds is 1. The Morgan fingerprint density at radius 2 is 2.06 bits per heavy atom. The van der Waals surface area contributed by atoms with Crippen molar-refractivity contribution in [2.24, 2.45) is 16.3 Å². The molecule has 2 atom stereocenters. The molecule has 0 aromatic rings. The van der Waals surface area contributed by atoms with Crippen molar-refractivity contribution in [3.05, 3.63) is 0 Å². The first-order chi connectivity index (χ1) is 8.27. The van der Waals surface area contributed by atoms with Gasteiger partial charge in [0.1, 0.15) is 0 Å². The average Bonchev–Trinajstić information content (AvgIpc) is 2.94. The highest BCUT2D eigenvalue weighted by Gasteiger charge is 2.37. The molecule has 2 saturated carbocycles. The molecule has 3 heteroatoms. The molecule has 0 saturated heterocycles. The third-order valence-corrected chi connectivity index (χ3v) is 6.18. The summed E-state index contributed by atoms with van der Waals surface area (Å²) in [6, 6.07) is 0.693. The normalized spacial score (nSPS) is 36.2. The summed E-state index contributed by atoms with van der Waals surface area (Å²) in [7, 11) is 0. The van der Waals surface area contributed by atoms with Crippen LogP contribution in [0.15, 0.2) is 4.99 Å². The molecule has 17 heavy (non-hydrogen) atoms. The molecule has 0 aromatic carbocycles. The summed E-state index contributed by atoms with van der Waals surface area (Å²) in [6.07, 6.45) is 9.80. The first-order valence-electron chi connectivity index (χ1n) is 7.21. The highest BCUT2D eigenvalue weighted by atomic mass is 32.2. The minimum atomic E-state index is 0.580. The Balaban J connectivity index is 1.57. The van der Waals surface area contributed by atoms with E-state index in [1.807, 2.05) is 11.8 Å². The summed E-state index contributed by atoms with van der Waals surface area (Å²) < 4.78 is 0. The molecule has 1 aliphatic heterocycles. The van der Waals surface area contributed by atoms with Gasteiger partial charge in [-0.2, -0.15) is 0 Å². The van der Waals surface area contributed by atoms with Gasteiger partial charge in [-0.15, -0.1) is 0 Å². The van der Waals surface area contributed by atoms with E-state index in [1.165, 1.54) is 55.9 Å². The first-order valence-corrected chi connectivity index (χ1v) is 8.20. The van der Waals surface area contributed by atoms with Crippen molar-refractivity contribution < 1.29 is 0 Å². The number of thioether (sulfide) groups is 1. The maximum atomic E-state index is 4.83. The second-order valence-corrected chi connectivity index (χ2v) is 7.24. The van der Waals surface area contributed by atoms with Crippen LogP contribution in [0.3, 0.4) is 0 Å². The van der Waals surface area contributed by atoms with Crippen molar-refractivity contribution in [2.75, 3.05) is 12.3 Å². The number of hydrogen-bond donors (Lipinski definition) is 1. The number of hydrogen-bond acceptors (Lipinski definition) is 3. The quantitative estimate of drug-likeness (QED) is 0.773. The zero-order valence-electron chi connectivity index (χ0n) is 10.9. The van der Waals surface area contributed by atoms with Gasteiger partial charge in [0.2, 0.25) is 0 Å². The van der Waals surface area contributed by atoms with Crippen molar-refractivity contribution in [1.29, 1.82) is 0 Å². The van der Waals surface area contributed by atoms with E-state index in [-0.39, 0.29) is 0 Å². The predicted octanol–water partition coefficient (Wildman–Crippen LogP) is 3.43. The van der Waals surface area contributed by atoms with E-state index >= 15 is 0 Å². The minimum Gasteiger partial charge on any atom is -0.362 e. The molecule has 3 aliphatic rings. The van der Waals surface area contributed by atoms with Crippen LogP contribution in [0, 0.1) is 11.3 Å². The van der Waals surface area contributed by atoms with Crippen molar-refractivity contribution in [2.45, 2.75) is 57.9 Å². The molecular weight excluding hydrogens is 228 g/mol. The average molecular weight is 252 g/mol. The topological polar surface area (TPSA) is 24.4 Å². The Labute approximate surface area is 109 Å². The molecule has 3 rings (SSSR count). The largest absolute Gasteiger partial charge is 0.362 e. The SMILES string of the molecule is CC1CCCC1NC1=NCC2(CCCC2)CS1. The second kappa shape index (κ2) is 4.83. The van der Waals surface area contributed by atoms with Gasteiger partial charge in [-0.3, -0.25) is 4.99 Å². The molecule has 1 N–H and O–H groups in total. The lowest BCUT2D eigenvalue weighted by Crippen LogP contribution is -2.39. The summed E-state index contributed by atoms with van der Waals surface area (Å²) in [5.74, 6) is 2.14. The van der Waals surface area contributed by atoms with Gasteiger partial charge in [0.05, 0.1) is 0 Å². The molecule has 0 bridgehead atoms. The Bertz CT molecular complexity index is 307. The maximum absolute atomic E-state index is 4.83. The predicted molar refractivity (Wildman–Crippen MR) is 75.6 cm³/mol. The molecule has 2 unspecified atom stereocenters. The van der Waals surface area contributed by atoms with Crippen LogP contribution in [-0.2, 0) is 0 Å². The molecule has 2 aliphatic carbocycles. The van der Waals surface area contributed by atoms with E-state index in [9.17, 15) is 0 Å². The van der Waals surface area contributed by atoms with Gasteiger partial charge in [-0.05, 0) is 37.0 Å². The fraction of sp³-hybridized carbons (Fsp3) is 0.929. The van der Waals surface area contributed by atoms with E-state index in [1.54, 1.807) is 0 Å². The molecule has 2 nitrogen and oxygen atoms in total. The lowest BCUT2D eigenvalue weighted by Gasteiger charge is -2.32. The number of nitrogens with one attached hydrogen (secondary N) is 1. The first kappa shape index (κ1) is 11.9. The van der Waals surface area contributed by atoms with Gasteiger partial charge in [-0.1, -0.05) is 37.9 Å². The number of nitrogens with zero attached hydrogens (tertiary/aromatic N) is 1. The molecule has 1 heterocycles. The fourth-order valence-electron chi connectivity index (χ4n) is 3.59. The molecule has 0 radical (unpaired) electrons. The molecule has 0 amide bonds. The van der Waals surface area contributed by atoms with Crippen molar-refractivity contribution in [3.63, 3.8) is 0 Å². The number of aliphatic imine (C=N–C) groups is 1. The van der Waals surface area contributed by atoms with Crippen LogP contribution in [-0.4, -0.2) is 23.5 Å². The third-order valence-electron chi connectivity index (χ3n) is 4.91. The summed E-state index contributed by atoms with van der Waals surface area (Å²) in [5, 5.41) is 4.92. The van der Waals surface area contributed by atoms with Crippen molar-refractivity contribution >= 4 is 16.9 Å². The summed E-state index contributed by atoms with van der Waals surface area (Å²) in [5.41, 5.74) is 0.580. The van der Waals surface area contributed by atoms with Gasteiger partial charge < -0.3 is 5.32 Å². The summed E-state index contributed by atoms with van der Waals surface area (Å²) in [6.45, 7) is 3.46. The standard InChI is InChI=1S/C14H24N2S/c1-11-5-4-6-12(11)16-13-15-9-14(10-17-13)7-2-3-8-14/h11-12H,2-10H2,1H3,(H,15,16). The van der Waals surface area contributed by atoms with E-state index in [4.69, 9.17) is 4.99 Å². The van der Waals surface area contributed by atoms with Gasteiger partial charge >= 0.3 is 0 Å². The van der Waals surface area contributed by atoms with Crippen molar-refractivity contribution in [3.8, 4) is 0 Å². The van der Waals surface area contributed by atoms with Crippen molar-refractivity contribution in [1.82, 2.24) is 5.32 Å². The zero-order valence-corrected chi connectivity index (χ0v) is 11.7. The van der Waals surface area contributed by atoms with E-state index in [0.29, 0.717) is 11.5 Å². The minimum absolute atomic E-state index is 0.580. The van der Waals surface area contributed by atoms with Crippen LogP contribution in [0.25, 0.3) is 0 Å². The van der Waals surface area contributed by atoms with Crippen LogP contribution in [0.4, 0.5) is 0 Å². The van der Waals surface area contributed by atoms with Gasteiger partial charge in [0.25, 0.3) is 0 Å². The highest BCUT2D eigenvalue weighted by Crippen LogP contribution is 2.43. The number of amidine groups is 1. The van der Waals surface area contributed by atoms with E-state index in [0.717, 1.165) is 12.5 Å². The summed E-state index contributed by atoms with van der Waals surface area (Å²) in [4.78, 5) is 4.83. The molecule has 96 valence electrons. The second-order valence-electron chi connectivity index (χ2n) is 6.28. The van der Waals surface area contributed by atoms with Crippen LogP contribution in [0.5, 0.6) is 0 Å². The highest BCUT2D eigenvalue weighted by molar-refractivity contribution is 8.13. The maximum Gasteiger partial charge on any atom is 0.156 e. The zero-order chi connectivity index (χ0) is 11.7.